The summed E-state index contributed by atoms with van der Waals surface area (Å²) in [6, 6.07) is 16.5. The third-order valence-corrected chi connectivity index (χ3v) is 4.03. The maximum Gasteiger partial charge on any atom is 0.211 e. The fourth-order valence-electron chi connectivity index (χ4n) is 2.61. The van der Waals surface area contributed by atoms with E-state index in [9.17, 15) is 9.59 Å². The van der Waals surface area contributed by atoms with Crippen LogP contribution in [-0.4, -0.2) is 23.5 Å². The van der Waals surface area contributed by atoms with Crippen LogP contribution in [0.2, 0.25) is 0 Å². The molecule has 2 aromatic carbocycles. The summed E-state index contributed by atoms with van der Waals surface area (Å²) in [5.74, 6) is -0.509. The average Bonchev–Trinajstić information content (AvgIpc) is 2.54. The van der Waals surface area contributed by atoms with Crippen molar-refractivity contribution in [3.63, 3.8) is 0 Å². The number of hydrogen-bond acceptors (Lipinski definition) is 3. The fourth-order valence-corrected chi connectivity index (χ4v) is 2.94. The highest BCUT2D eigenvalue weighted by atomic mass is 35.5. The third-order valence-electron chi connectivity index (χ3n) is 3.68. The van der Waals surface area contributed by atoms with Crippen molar-refractivity contribution in [3.8, 4) is 0 Å². The number of allylic oxidation sites excluding steroid dienone is 2. The molecule has 0 amide bonds. The summed E-state index contributed by atoms with van der Waals surface area (Å²) in [7, 11) is 1.77. The zero-order chi connectivity index (χ0) is 15.7. The zero-order valence-corrected chi connectivity index (χ0v) is 12.8. The Hall–Kier alpha value is -2.39. The molecule has 1 aliphatic carbocycles. The van der Waals surface area contributed by atoms with Gasteiger partial charge in [0, 0.05) is 24.7 Å². The summed E-state index contributed by atoms with van der Waals surface area (Å²) in [6.07, 6.45) is 0. The van der Waals surface area contributed by atoms with Crippen LogP contribution in [0.5, 0.6) is 0 Å². The number of fused-ring (bicyclic) bond motifs is 1. The number of Topliss-reactive ketones (excluding diaryl/α,β-unsaturated/α-hetero) is 2. The van der Waals surface area contributed by atoms with Crippen LogP contribution in [0.3, 0.4) is 0 Å². The van der Waals surface area contributed by atoms with E-state index in [2.05, 4.69) is 0 Å². The number of hydrogen-bond donors (Lipinski definition) is 0. The lowest BCUT2D eigenvalue weighted by molar-refractivity contribution is 0.0952. The van der Waals surface area contributed by atoms with E-state index in [0.717, 1.165) is 5.56 Å². The first kappa shape index (κ1) is 14.5. The van der Waals surface area contributed by atoms with Crippen molar-refractivity contribution in [1.29, 1.82) is 0 Å². The molecule has 0 atom stereocenters. The Balaban J connectivity index is 1.98. The maximum atomic E-state index is 12.7. The Morgan fingerprint density at radius 2 is 1.41 bits per heavy atom. The van der Waals surface area contributed by atoms with E-state index >= 15 is 0 Å². The van der Waals surface area contributed by atoms with Crippen molar-refractivity contribution >= 4 is 23.2 Å². The minimum absolute atomic E-state index is 0.0119. The summed E-state index contributed by atoms with van der Waals surface area (Å²) in [5, 5.41) is -0.0119. The van der Waals surface area contributed by atoms with Crippen LogP contribution >= 0.6 is 11.6 Å². The molecule has 3 rings (SSSR count). The quantitative estimate of drug-likeness (QED) is 0.868. The number of rotatable bonds is 3. The van der Waals surface area contributed by atoms with Crippen molar-refractivity contribution in [2.45, 2.75) is 6.54 Å². The third kappa shape index (κ3) is 2.44. The summed E-state index contributed by atoms with van der Waals surface area (Å²) in [5.41, 5.74) is 2.08. The predicted octanol–water partition coefficient (Wildman–Crippen LogP) is 3.65. The van der Waals surface area contributed by atoms with E-state index in [1.807, 2.05) is 30.3 Å². The first-order chi connectivity index (χ1) is 10.6. The molecule has 110 valence electrons. The van der Waals surface area contributed by atoms with Crippen molar-refractivity contribution in [1.82, 2.24) is 4.90 Å². The highest BCUT2D eigenvalue weighted by Gasteiger charge is 2.33. The lowest BCUT2D eigenvalue weighted by Gasteiger charge is -2.26. The number of carbonyl (C=O) groups excluding carboxylic acids is 2. The minimum atomic E-state index is -0.299. The van der Waals surface area contributed by atoms with Gasteiger partial charge in [0.25, 0.3) is 0 Å². The van der Waals surface area contributed by atoms with Crippen molar-refractivity contribution in [2.75, 3.05) is 7.05 Å². The second-order valence-corrected chi connectivity index (χ2v) is 5.59. The second-order valence-electron chi connectivity index (χ2n) is 5.21. The van der Waals surface area contributed by atoms with Gasteiger partial charge in [0.2, 0.25) is 11.6 Å². The van der Waals surface area contributed by atoms with Crippen molar-refractivity contribution in [2.24, 2.45) is 0 Å². The predicted molar refractivity (Wildman–Crippen MR) is 85.9 cm³/mol. The van der Waals surface area contributed by atoms with E-state index in [1.54, 1.807) is 36.2 Å². The SMILES string of the molecule is CN(Cc1ccccc1)C1=C(Cl)C(=O)c2ccccc2C1=O. The van der Waals surface area contributed by atoms with Gasteiger partial charge in [-0.3, -0.25) is 9.59 Å². The van der Waals surface area contributed by atoms with E-state index in [4.69, 9.17) is 11.6 Å². The van der Waals surface area contributed by atoms with Gasteiger partial charge < -0.3 is 4.90 Å². The molecule has 0 radical (unpaired) electrons. The number of halogens is 1. The lowest BCUT2D eigenvalue weighted by Crippen LogP contribution is -2.30. The summed E-state index contributed by atoms with van der Waals surface area (Å²) in [4.78, 5) is 26.8. The normalized spacial score (nSPS) is 14.1. The standard InChI is InChI=1S/C18H14ClNO2/c1-20(11-12-7-3-2-4-8-12)16-15(19)17(21)13-9-5-6-10-14(13)18(16)22/h2-10H,11H2,1H3. The Kier molecular flexibility index (Phi) is 3.82. The zero-order valence-electron chi connectivity index (χ0n) is 12.0. The molecule has 1 aliphatic rings. The highest BCUT2D eigenvalue weighted by molar-refractivity contribution is 6.49. The molecule has 22 heavy (non-hydrogen) atoms. The number of likely N-dealkylation sites (N-methyl/N-ethyl adjacent to an activating group) is 1. The van der Waals surface area contributed by atoms with Gasteiger partial charge in [0.05, 0.1) is 0 Å². The van der Waals surface area contributed by atoms with Crippen molar-refractivity contribution in [3.05, 3.63) is 82.0 Å². The van der Waals surface area contributed by atoms with Gasteiger partial charge in [-0.1, -0.05) is 66.2 Å². The Morgan fingerprint density at radius 3 is 2.05 bits per heavy atom. The first-order valence-electron chi connectivity index (χ1n) is 6.93. The fraction of sp³-hybridized carbons (Fsp3) is 0.111. The molecular weight excluding hydrogens is 298 g/mol. The summed E-state index contributed by atoms with van der Waals surface area (Å²) >= 11 is 6.18. The molecule has 0 heterocycles. The molecule has 0 spiro atoms. The number of benzene rings is 2. The van der Waals surface area contributed by atoms with E-state index in [-0.39, 0.29) is 22.3 Å². The maximum absolute atomic E-state index is 12.7. The van der Waals surface area contributed by atoms with Crippen LogP contribution < -0.4 is 0 Å². The number of ketones is 2. The van der Waals surface area contributed by atoms with Crippen LogP contribution in [0.15, 0.2) is 65.3 Å². The summed E-state index contributed by atoms with van der Waals surface area (Å²) in [6.45, 7) is 0.508. The molecule has 0 saturated carbocycles. The molecule has 4 heteroatoms. The van der Waals surface area contributed by atoms with Gasteiger partial charge >= 0.3 is 0 Å². The average molecular weight is 312 g/mol. The van der Waals surface area contributed by atoms with Crippen LogP contribution in [-0.2, 0) is 6.54 Å². The largest absolute Gasteiger partial charge is 0.366 e. The smallest absolute Gasteiger partial charge is 0.211 e. The number of nitrogens with zero attached hydrogens (tertiary/aromatic N) is 1. The highest BCUT2D eigenvalue weighted by Crippen LogP contribution is 2.30. The number of carbonyl (C=O) groups is 2. The second kappa shape index (κ2) is 5.78. The van der Waals surface area contributed by atoms with Gasteiger partial charge in [0.15, 0.2) is 0 Å². The van der Waals surface area contributed by atoms with Gasteiger partial charge in [-0.2, -0.15) is 0 Å². The molecule has 0 N–H and O–H groups in total. The van der Waals surface area contributed by atoms with Gasteiger partial charge in [-0.15, -0.1) is 0 Å². The Morgan fingerprint density at radius 1 is 0.864 bits per heavy atom. The molecule has 0 fully saturated rings. The van der Waals surface area contributed by atoms with Gasteiger partial charge in [0.1, 0.15) is 10.7 Å². The molecule has 3 nitrogen and oxygen atoms in total. The van der Waals surface area contributed by atoms with Crippen LogP contribution in [0, 0.1) is 0 Å². The van der Waals surface area contributed by atoms with Crippen LogP contribution in [0.1, 0.15) is 26.3 Å². The van der Waals surface area contributed by atoms with E-state index in [0.29, 0.717) is 17.7 Å². The molecule has 0 bridgehead atoms. The lowest BCUT2D eigenvalue weighted by atomic mass is 9.92. The molecular formula is C18H14ClNO2. The van der Waals surface area contributed by atoms with Crippen molar-refractivity contribution < 1.29 is 9.59 Å². The minimum Gasteiger partial charge on any atom is -0.366 e. The molecule has 0 unspecified atom stereocenters. The van der Waals surface area contributed by atoms with E-state index < -0.39 is 0 Å². The molecule has 0 aliphatic heterocycles. The topological polar surface area (TPSA) is 37.4 Å². The Bertz CT molecular complexity index is 781. The van der Waals surface area contributed by atoms with Crippen LogP contribution in [0.4, 0.5) is 0 Å². The van der Waals surface area contributed by atoms with Crippen LogP contribution in [0.25, 0.3) is 0 Å². The van der Waals surface area contributed by atoms with E-state index in [1.165, 1.54) is 0 Å². The van der Waals surface area contributed by atoms with Gasteiger partial charge in [-0.25, -0.2) is 0 Å². The molecule has 0 aromatic heterocycles. The summed E-state index contributed by atoms with van der Waals surface area (Å²) < 4.78 is 0. The monoisotopic (exact) mass is 311 g/mol. The molecule has 0 saturated heterocycles. The first-order valence-corrected chi connectivity index (χ1v) is 7.30. The Labute approximate surface area is 133 Å². The van der Waals surface area contributed by atoms with Gasteiger partial charge in [-0.05, 0) is 5.56 Å². The molecule has 2 aromatic rings.